The second-order valence-electron chi connectivity index (χ2n) is 6.37. The molecule has 8 heteroatoms. The Morgan fingerprint density at radius 2 is 1.89 bits per heavy atom. The maximum atomic E-state index is 13.7. The highest BCUT2D eigenvalue weighted by Crippen LogP contribution is 2.21. The van der Waals surface area contributed by atoms with Crippen molar-refractivity contribution in [2.45, 2.75) is 32.9 Å². The fourth-order valence-electron chi connectivity index (χ4n) is 2.43. The molecule has 2 amide bonds. The molecule has 0 aliphatic rings. The molecule has 0 aromatic heterocycles. The third-order valence-corrected chi connectivity index (χ3v) is 4.77. The van der Waals surface area contributed by atoms with Gasteiger partial charge in [0.25, 0.3) is 5.91 Å². The number of benzene rings is 2. The molecule has 0 radical (unpaired) electrons. The number of carbonyl (C=O) groups excluding carboxylic acids is 2. The maximum absolute atomic E-state index is 13.7. The van der Waals surface area contributed by atoms with Gasteiger partial charge in [-0.05, 0) is 30.2 Å². The Kier molecular flexibility index (Phi) is 9.38. The summed E-state index contributed by atoms with van der Waals surface area (Å²) in [6.07, 6.45) is 0.777. The fourth-order valence-corrected chi connectivity index (χ4v) is 2.63. The zero-order chi connectivity index (χ0) is 20.0. The Hall–Kier alpha value is -2.15. The van der Waals surface area contributed by atoms with Crippen molar-refractivity contribution < 1.29 is 14.0 Å². The summed E-state index contributed by atoms with van der Waals surface area (Å²) < 4.78 is 13.7. The Labute approximate surface area is 175 Å². The van der Waals surface area contributed by atoms with Crippen molar-refractivity contribution in [3.05, 3.63) is 64.4 Å². The van der Waals surface area contributed by atoms with Crippen LogP contribution in [0.15, 0.2) is 42.5 Å². The van der Waals surface area contributed by atoms with Crippen molar-refractivity contribution in [2.24, 2.45) is 11.7 Å². The first-order chi connectivity index (χ1) is 12.8. The van der Waals surface area contributed by atoms with Crippen LogP contribution in [0.25, 0.3) is 0 Å². The van der Waals surface area contributed by atoms with Crippen LogP contribution < -0.4 is 16.4 Å². The third-order valence-electron chi connectivity index (χ3n) is 4.44. The normalized spacial score (nSPS) is 12.5. The molecule has 0 aliphatic heterocycles. The van der Waals surface area contributed by atoms with Crippen molar-refractivity contribution in [3.8, 4) is 0 Å². The maximum Gasteiger partial charge on any atom is 0.253 e. The summed E-state index contributed by atoms with van der Waals surface area (Å²) in [7, 11) is 0. The van der Waals surface area contributed by atoms with Crippen LogP contribution in [0.1, 0.15) is 36.2 Å². The molecule has 2 aromatic carbocycles. The van der Waals surface area contributed by atoms with Crippen LogP contribution in [0.2, 0.25) is 5.02 Å². The number of nitrogens with one attached hydrogen (secondary N) is 2. The van der Waals surface area contributed by atoms with E-state index in [2.05, 4.69) is 10.6 Å². The standard InChI is InChI=1S/C20H23ClFN3O2.ClH/c1-3-12(2)18(23)20(27)25-14-8-9-16(21)15(10-14)19(26)24-11-13-6-4-5-7-17(13)22;/h4-10,12,18H,3,11,23H2,1-2H3,(H,24,26)(H,25,27);1H. The van der Waals surface area contributed by atoms with Gasteiger partial charge >= 0.3 is 0 Å². The van der Waals surface area contributed by atoms with Gasteiger partial charge in [-0.15, -0.1) is 12.4 Å². The molecule has 2 atom stereocenters. The van der Waals surface area contributed by atoms with E-state index in [4.69, 9.17) is 17.3 Å². The average Bonchev–Trinajstić information content (AvgIpc) is 2.67. The molecule has 152 valence electrons. The Morgan fingerprint density at radius 1 is 1.21 bits per heavy atom. The Balaban J connectivity index is 0.00000392. The second kappa shape index (κ2) is 11.0. The molecular formula is C20H24Cl2FN3O2. The van der Waals surface area contributed by atoms with Gasteiger partial charge in [0.05, 0.1) is 16.6 Å². The molecule has 2 rings (SSSR count). The van der Waals surface area contributed by atoms with E-state index < -0.39 is 17.8 Å². The topological polar surface area (TPSA) is 84.2 Å². The van der Waals surface area contributed by atoms with Crippen molar-refractivity contribution in [1.29, 1.82) is 0 Å². The number of amides is 2. The molecule has 5 nitrogen and oxygen atoms in total. The third kappa shape index (κ3) is 6.19. The van der Waals surface area contributed by atoms with Gasteiger partial charge in [0, 0.05) is 17.8 Å². The molecule has 2 aromatic rings. The van der Waals surface area contributed by atoms with Gasteiger partial charge in [-0.1, -0.05) is 50.1 Å². The second-order valence-corrected chi connectivity index (χ2v) is 6.78. The molecule has 2 unspecified atom stereocenters. The van der Waals surface area contributed by atoms with Crippen LogP contribution in [0, 0.1) is 11.7 Å². The summed E-state index contributed by atoms with van der Waals surface area (Å²) in [5.74, 6) is -1.17. The number of hydrogen-bond acceptors (Lipinski definition) is 3. The molecule has 0 saturated carbocycles. The van der Waals surface area contributed by atoms with Crippen LogP contribution in [-0.4, -0.2) is 17.9 Å². The molecule has 0 aliphatic carbocycles. The van der Waals surface area contributed by atoms with E-state index in [9.17, 15) is 14.0 Å². The van der Waals surface area contributed by atoms with Crippen molar-refractivity contribution >= 4 is 41.5 Å². The van der Waals surface area contributed by atoms with Crippen molar-refractivity contribution in [1.82, 2.24) is 5.32 Å². The lowest BCUT2D eigenvalue weighted by Crippen LogP contribution is -2.40. The molecule has 0 saturated heterocycles. The molecule has 0 heterocycles. The highest BCUT2D eigenvalue weighted by molar-refractivity contribution is 6.34. The van der Waals surface area contributed by atoms with E-state index in [0.717, 1.165) is 6.42 Å². The molecule has 0 fully saturated rings. The van der Waals surface area contributed by atoms with Crippen LogP contribution >= 0.6 is 24.0 Å². The Bertz CT molecular complexity index is 833. The highest BCUT2D eigenvalue weighted by atomic mass is 35.5. The van der Waals surface area contributed by atoms with Gasteiger partial charge < -0.3 is 16.4 Å². The van der Waals surface area contributed by atoms with Crippen LogP contribution in [0.4, 0.5) is 10.1 Å². The predicted octanol–water partition coefficient (Wildman–Crippen LogP) is 4.14. The lowest BCUT2D eigenvalue weighted by atomic mass is 9.99. The lowest BCUT2D eigenvalue weighted by Gasteiger charge is -2.18. The SMILES string of the molecule is CCC(C)C(N)C(=O)Nc1ccc(Cl)c(C(=O)NCc2ccccc2F)c1.Cl. The van der Waals surface area contributed by atoms with E-state index in [0.29, 0.717) is 11.3 Å². The van der Waals surface area contributed by atoms with Gasteiger partial charge in [0.2, 0.25) is 5.91 Å². The Morgan fingerprint density at radius 3 is 2.54 bits per heavy atom. The first-order valence-electron chi connectivity index (χ1n) is 8.71. The first kappa shape index (κ1) is 23.9. The largest absolute Gasteiger partial charge is 0.348 e. The van der Waals surface area contributed by atoms with Gasteiger partial charge in [0.1, 0.15) is 5.82 Å². The van der Waals surface area contributed by atoms with Crippen LogP contribution in [0.3, 0.4) is 0 Å². The smallest absolute Gasteiger partial charge is 0.253 e. The molecular weight excluding hydrogens is 404 g/mol. The molecule has 0 bridgehead atoms. The number of nitrogens with two attached hydrogens (primary N) is 1. The molecule has 0 spiro atoms. The van der Waals surface area contributed by atoms with E-state index in [1.807, 2.05) is 13.8 Å². The van der Waals surface area contributed by atoms with Crippen molar-refractivity contribution in [3.63, 3.8) is 0 Å². The van der Waals surface area contributed by atoms with Gasteiger partial charge in [-0.25, -0.2) is 4.39 Å². The van der Waals surface area contributed by atoms with Crippen molar-refractivity contribution in [2.75, 3.05) is 5.32 Å². The average molecular weight is 428 g/mol. The number of rotatable bonds is 7. The van der Waals surface area contributed by atoms with Gasteiger partial charge in [-0.2, -0.15) is 0 Å². The van der Waals surface area contributed by atoms with E-state index >= 15 is 0 Å². The van der Waals surface area contributed by atoms with Gasteiger partial charge in [0.15, 0.2) is 0 Å². The monoisotopic (exact) mass is 427 g/mol. The number of anilines is 1. The summed E-state index contributed by atoms with van der Waals surface area (Å²) in [6, 6.07) is 10.1. The minimum absolute atomic E-state index is 0. The van der Waals surface area contributed by atoms with Crippen LogP contribution in [-0.2, 0) is 11.3 Å². The van der Waals surface area contributed by atoms with Crippen LogP contribution in [0.5, 0.6) is 0 Å². The minimum Gasteiger partial charge on any atom is -0.348 e. The molecule has 28 heavy (non-hydrogen) atoms. The fraction of sp³-hybridized carbons (Fsp3) is 0.300. The summed E-state index contributed by atoms with van der Waals surface area (Å²) in [5.41, 5.74) is 6.89. The number of carbonyl (C=O) groups is 2. The number of hydrogen-bond donors (Lipinski definition) is 3. The summed E-state index contributed by atoms with van der Waals surface area (Å²) in [5, 5.41) is 5.55. The lowest BCUT2D eigenvalue weighted by molar-refractivity contribution is -0.118. The van der Waals surface area contributed by atoms with E-state index in [1.54, 1.807) is 24.3 Å². The summed E-state index contributed by atoms with van der Waals surface area (Å²) in [6.45, 7) is 3.88. The zero-order valence-electron chi connectivity index (χ0n) is 15.7. The van der Waals surface area contributed by atoms with E-state index in [-0.39, 0.29) is 41.4 Å². The number of halogens is 3. The summed E-state index contributed by atoms with van der Waals surface area (Å²) in [4.78, 5) is 24.6. The quantitative estimate of drug-likeness (QED) is 0.620. The zero-order valence-corrected chi connectivity index (χ0v) is 17.2. The highest BCUT2D eigenvalue weighted by Gasteiger charge is 2.20. The first-order valence-corrected chi connectivity index (χ1v) is 9.08. The van der Waals surface area contributed by atoms with Gasteiger partial charge in [-0.3, -0.25) is 9.59 Å². The predicted molar refractivity (Wildman–Crippen MR) is 112 cm³/mol. The van der Waals surface area contributed by atoms with E-state index in [1.165, 1.54) is 18.2 Å². The summed E-state index contributed by atoms with van der Waals surface area (Å²) >= 11 is 6.10. The molecule has 4 N–H and O–H groups in total. The minimum atomic E-state index is -0.649.